The van der Waals surface area contributed by atoms with Crippen molar-refractivity contribution >= 4 is 21.8 Å². The first-order valence-electron chi connectivity index (χ1n) is 5.00. The van der Waals surface area contributed by atoms with Gasteiger partial charge in [0.2, 0.25) is 5.91 Å². The summed E-state index contributed by atoms with van der Waals surface area (Å²) in [5.74, 6) is -0.310. The first-order chi connectivity index (χ1) is 6.94. The predicted octanol–water partition coefficient (Wildman–Crippen LogP) is 3.24. The first kappa shape index (κ1) is 14.2. The van der Waals surface area contributed by atoms with Crippen molar-refractivity contribution in [2.75, 3.05) is 0 Å². The highest BCUT2D eigenvalue weighted by molar-refractivity contribution is 9.10. The molecule has 84 valence electrons. The second kappa shape index (κ2) is 5.91. The lowest BCUT2D eigenvalue weighted by Gasteiger charge is -2.20. The molecule has 0 unspecified atom stereocenters. The predicted molar refractivity (Wildman–Crippen MR) is 67.7 cm³/mol. The lowest BCUT2D eigenvalue weighted by Crippen LogP contribution is -2.35. The molecule has 1 aromatic carbocycles. The number of nitrogens with two attached hydrogens (primary N) is 1. The Bertz CT molecular complexity index is 317. The van der Waals surface area contributed by atoms with Crippen molar-refractivity contribution < 1.29 is 4.79 Å². The third kappa shape index (κ3) is 3.67. The lowest BCUT2D eigenvalue weighted by molar-refractivity contribution is -0.122. The Morgan fingerprint density at radius 2 is 1.60 bits per heavy atom. The van der Waals surface area contributed by atoms with Crippen molar-refractivity contribution in [2.45, 2.75) is 33.1 Å². The lowest BCUT2D eigenvalue weighted by atomic mass is 9.84. The minimum absolute atomic E-state index is 0.310. The average molecular weight is 272 g/mol. The van der Waals surface area contributed by atoms with Gasteiger partial charge in [0.1, 0.15) is 0 Å². The van der Waals surface area contributed by atoms with Gasteiger partial charge in [0.15, 0.2) is 0 Å². The van der Waals surface area contributed by atoms with Crippen LogP contribution in [0.3, 0.4) is 0 Å². The molecule has 2 nitrogen and oxygen atoms in total. The van der Waals surface area contributed by atoms with E-state index in [1.807, 2.05) is 52.0 Å². The molecule has 0 bridgehead atoms. The average Bonchev–Trinajstić information content (AvgIpc) is 2.21. The summed E-state index contributed by atoms with van der Waals surface area (Å²) in [5.41, 5.74) is 5.63. The minimum Gasteiger partial charge on any atom is -0.369 e. The van der Waals surface area contributed by atoms with Crippen LogP contribution in [0.2, 0.25) is 0 Å². The van der Waals surface area contributed by atoms with Gasteiger partial charge in [0, 0.05) is 4.47 Å². The maximum Gasteiger partial charge on any atom is 0.227 e. The smallest absolute Gasteiger partial charge is 0.227 e. The molecule has 0 aliphatic heterocycles. The van der Waals surface area contributed by atoms with Gasteiger partial charge in [-0.3, -0.25) is 4.79 Å². The van der Waals surface area contributed by atoms with E-state index in [-0.39, 0.29) is 5.91 Å². The van der Waals surface area contributed by atoms with Crippen LogP contribution >= 0.6 is 15.9 Å². The number of carbonyl (C=O) groups excluding carboxylic acids is 1. The molecule has 0 heterocycles. The third-order valence-electron chi connectivity index (χ3n) is 2.18. The minimum atomic E-state index is -0.597. The van der Waals surface area contributed by atoms with Gasteiger partial charge >= 0.3 is 0 Å². The SMILES string of the molecule is CC.CC(C)(C(N)=O)c1ccc(Br)cc1. The zero-order valence-corrected chi connectivity index (χ0v) is 11.3. The van der Waals surface area contributed by atoms with Crippen LogP contribution in [0.25, 0.3) is 0 Å². The molecular weight excluding hydrogens is 254 g/mol. The zero-order valence-electron chi connectivity index (χ0n) is 9.67. The molecule has 0 aliphatic carbocycles. The topological polar surface area (TPSA) is 43.1 Å². The summed E-state index contributed by atoms with van der Waals surface area (Å²) >= 11 is 3.33. The van der Waals surface area contributed by atoms with Crippen LogP contribution in [0.1, 0.15) is 33.3 Å². The highest BCUT2D eigenvalue weighted by atomic mass is 79.9. The summed E-state index contributed by atoms with van der Waals surface area (Å²) in [7, 11) is 0. The van der Waals surface area contributed by atoms with Gasteiger partial charge in [-0.2, -0.15) is 0 Å². The normalized spacial score (nSPS) is 10.2. The van der Waals surface area contributed by atoms with E-state index in [9.17, 15) is 4.79 Å². The second-order valence-corrected chi connectivity index (χ2v) is 4.41. The molecule has 0 radical (unpaired) electrons. The maximum atomic E-state index is 11.1. The van der Waals surface area contributed by atoms with E-state index < -0.39 is 5.41 Å². The third-order valence-corrected chi connectivity index (χ3v) is 2.71. The molecule has 0 saturated carbocycles. The van der Waals surface area contributed by atoms with Crippen LogP contribution in [-0.2, 0) is 10.2 Å². The molecule has 1 aromatic rings. The number of rotatable bonds is 2. The number of amides is 1. The molecule has 0 aromatic heterocycles. The standard InChI is InChI=1S/C10H12BrNO.C2H6/c1-10(2,9(12)13)7-3-5-8(11)6-4-7;1-2/h3-6H,1-2H3,(H2,12,13);1-2H3. The molecule has 0 atom stereocenters. The van der Waals surface area contributed by atoms with Crippen LogP contribution in [0.4, 0.5) is 0 Å². The zero-order chi connectivity index (χ0) is 12.1. The van der Waals surface area contributed by atoms with Gasteiger partial charge in [0.05, 0.1) is 5.41 Å². The summed E-state index contributed by atoms with van der Waals surface area (Å²) in [6.07, 6.45) is 0. The van der Waals surface area contributed by atoms with E-state index in [1.54, 1.807) is 0 Å². The van der Waals surface area contributed by atoms with Crippen molar-refractivity contribution in [1.82, 2.24) is 0 Å². The van der Waals surface area contributed by atoms with Gasteiger partial charge in [-0.05, 0) is 31.5 Å². The molecule has 1 rings (SSSR count). The highest BCUT2D eigenvalue weighted by Crippen LogP contribution is 2.23. The van der Waals surface area contributed by atoms with E-state index in [0.29, 0.717) is 0 Å². The van der Waals surface area contributed by atoms with E-state index in [2.05, 4.69) is 15.9 Å². The maximum absolute atomic E-state index is 11.1. The van der Waals surface area contributed by atoms with Gasteiger partial charge in [-0.25, -0.2) is 0 Å². The number of hydrogen-bond acceptors (Lipinski definition) is 1. The Morgan fingerprint density at radius 1 is 1.20 bits per heavy atom. The Labute approximate surface area is 100.0 Å². The summed E-state index contributed by atoms with van der Waals surface area (Å²) in [6, 6.07) is 7.60. The summed E-state index contributed by atoms with van der Waals surface area (Å²) in [5, 5.41) is 0. The van der Waals surface area contributed by atoms with Crippen molar-refractivity contribution in [1.29, 1.82) is 0 Å². The van der Waals surface area contributed by atoms with Crippen LogP contribution in [0, 0.1) is 0 Å². The number of halogens is 1. The van der Waals surface area contributed by atoms with Crippen LogP contribution in [-0.4, -0.2) is 5.91 Å². The fourth-order valence-corrected chi connectivity index (χ4v) is 1.27. The monoisotopic (exact) mass is 271 g/mol. The first-order valence-corrected chi connectivity index (χ1v) is 5.80. The largest absolute Gasteiger partial charge is 0.369 e. The number of hydrogen-bond donors (Lipinski definition) is 1. The number of benzene rings is 1. The molecule has 0 aliphatic rings. The fourth-order valence-electron chi connectivity index (χ4n) is 1.01. The van der Waals surface area contributed by atoms with Crippen molar-refractivity contribution in [3.05, 3.63) is 34.3 Å². The van der Waals surface area contributed by atoms with Gasteiger partial charge in [0.25, 0.3) is 0 Å². The van der Waals surface area contributed by atoms with E-state index >= 15 is 0 Å². The molecule has 0 fully saturated rings. The number of primary amides is 1. The Balaban J connectivity index is 0.000000921. The molecule has 1 amide bonds. The van der Waals surface area contributed by atoms with E-state index in [4.69, 9.17) is 5.73 Å². The van der Waals surface area contributed by atoms with Gasteiger partial charge in [-0.15, -0.1) is 0 Å². The van der Waals surface area contributed by atoms with Crippen LogP contribution in [0.15, 0.2) is 28.7 Å². The molecule has 2 N–H and O–H groups in total. The summed E-state index contributed by atoms with van der Waals surface area (Å²) < 4.78 is 0.997. The molecule has 0 saturated heterocycles. The molecule has 15 heavy (non-hydrogen) atoms. The summed E-state index contributed by atoms with van der Waals surface area (Å²) in [4.78, 5) is 11.1. The second-order valence-electron chi connectivity index (χ2n) is 3.50. The Morgan fingerprint density at radius 3 is 1.93 bits per heavy atom. The van der Waals surface area contributed by atoms with E-state index in [1.165, 1.54) is 0 Å². The molecule has 0 spiro atoms. The van der Waals surface area contributed by atoms with Crippen LogP contribution < -0.4 is 5.73 Å². The van der Waals surface area contributed by atoms with Crippen molar-refractivity contribution in [2.24, 2.45) is 5.73 Å². The van der Waals surface area contributed by atoms with Crippen molar-refractivity contribution in [3.63, 3.8) is 0 Å². The van der Waals surface area contributed by atoms with E-state index in [0.717, 1.165) is 10.0 Å². The Hall–Kier alpha value is -0.830. The van der Waals surface area contributed by atoms with Crippen molar-refractivity contribution in [3.8, 4) is 0 Å². The summed E-state index contributed by atoms with van der Waals surface area (Å²) in [6.45, 7) is 7.64. The van der Waals surface area contributed by atoms with Gasteiger partial charge < -0.3 is 5.73 Å². The molecular formula is C12H18BrNO. The number of carbonyl (C=O) groups is 1. The fraction of sp³-hybridized carbons (Fsp3) is 0.417. The highest BCUT2D eigenvalue weighted by Gasteiger charge is 2.26. The van der Waals surface area contributed by atoms with Gasteiger partial charge in [-0.1, -0.05) is 41.9 Å². The van der Waals surface area contributed by atoms with Crippen LogP contribution in [0.5, 0.6) is 0 Å². The molecule has 3 heteroatoms. The Kier molecular flexibility index (Phi) is 5.58. The quantitative estimate of drug-likeness (QED) is 0.882.